The molecule has 4 rings (SSSR count). The zero-order valence-electron chi connectivity index (χ0n) is 16.0. The minimum Gasteiger partial charge on any atom is -0.545 e. The van der Waals surface area contributed by atoms with E-state index >= 15 is 0 Å². The molecule has 1 aromatic heterocycles. The van der Waals surface area contributed by atoms with Crippen LogP contribution in [0.5, 0.6) is 0 Å². The van der Waals surface area contributed by atoms with Crippen LogP contribution in [0.3, 0.4) is 0 Å². The fraction of sp³-hybridized carbons (Fsp3) is 0. The van der Waals surface area contributed by atoms with Crippen molar-refractivity contribution in [2.75, 3.05) is 0 Å². The van der Waals surface area contributed by atoms with Gasteiger partial charge in [0.25, 0.3) is 11.8 Å². The number of carbonyl (C=O) groups excluding carboxylic acids is 3. The van der Waals surface area contributed by atoms with E-state index < -0.39 is 17.8 Å². The molecular formula is C22H12ClN2O5S2-. The molecule has 0 spiro atoms. The van der Waals surface area contributed by atoms with Crippen molar-refractivity contribution in [3.05, 3.63) is 87.5 Å². The van der Waals surface area contributed by atoms with E-state index in [2.05, 4.69) is 5.43 Å². The lowest BCUT2D eigenvalue weighted by Crippen LogP contribution is -2.44. The molecule has 0 radical (unpaired) electrons. The van der Waals surface area contributed by atoms with Crippen LogP contribution in [0.15, 0.2) is 70.0 Å². The molecule has 7 nitrogen and oxygen atoms in total. The van der Waals surface area contributed by atoms with Gasteiger partial charge in [-0.3, -0.25) is 15.0 Å². The highest BCUT2D eigenvalue weighted by Gasteiger charge is 2.34. The molecule has 0 bridgehead atoms. The van der Waals surface area contributed by atoms with Crippen LogP contribution in [0.1, 0.15) is 26.5 Å². The molecule has 1 fully saturated rings. The average molecular weight is 484 g/mol. The van der Waals surface area contributed by atoms with Crippen molar-refractivity contribution >= 4 is 63.8 Å². The van der Waals surface area contributed by atoms with Crippen molar-refractivity contribution in [1.82, 2.24) is 10.4 Å². The average Bonchev–Trinajstić information content (AvgIpc) is 3.34. The van der Waals surface area contributed by atoms with Gasteiger partial charge in [0.05, 0.1) is 15.9 Å². The van der Waals surface area contributed by atoms with Crippen molar-refractivity contribution < 1.29 is 23.9 Å². The van der Waals surface area contributed by atoms with Crippen LogP contribution < -0.4 is 10.5 Å². The van der Waals surface area contributed by atoms with Crippen LogP contribution in [0.25, 0.3) is 17.4 Å². The Kier molecular flexibility index (Phi) is 6.13. The predicted molar refractivity (Wildman–Crippen MR) is 122 cm³/mol. The number of nitrogens with zero attached hydrogens (tertiary/aromatic N) is 1. The van der Waals surface area contributed by atoms with Gasteiger partial charge >= 0.3 is 0 Å². The second-order valence-electron chi connectivity index (χ2n) is 6.51. The summed E-state index contributed by atoms with van der Waals surface area (Å²) in [6.07, 6.45) is 1.48. The minimum absolute atomic E-state index is 0.0441. The number of hydrazine groups is 1. The van der Waals surface area contributed by atoms with E-state index in [1.54, 1.807) is 42.5 Å². The van der Waals surface area contributed by atoms with Crippen LogP contribution in [0.2, 0.25) is 5.02 Å². The second-order valence-corrected chi connectivity index (χ2v) is 8.59. The van der Waals surface area contributed by atoms with Crippen LogP contribution in [-0.2, 0) is 4.79 Å². The standard InChI is InChI=1S/C22H13ClN2O5S2/c23-16-8-6-13(21(28)29)10-15(16)17-9-7-14(30-17)11-18-20(27)25(22(31)32-18)24-19(26)12-4-2-1-3-5-12/h1-11H,(H,24,26)(H,28,29)/p-1/b18-11+. The molecule has 0 unspecified atom stereocenters. The van der Waals surface area contributed by atoms with E-state index in [9.17, 15) is 19.5 Å². The van der Waals surface area contributed by atoms with Crippen molar-refractivity contribution in [3.63, 3.8) is 0 Å². The zero-order chi connectivity index (χ0) is 22.8. The third-order valence-corrected chi connectivity index (χ3v) is 6.04. The van der Waals surface area contributed by atoms with E-state index in [1.165, 1.54) is 24.3 Å². The molecule has 2 aromatic carbocycles. The number of aromatic carboxylic acids is 1. The van der Waals surface area contributed by atoms with E-state index in [4.69, 9.17) is 28.2 Å². The number of nitrogens with one attached hydrogen (secondary N) is 1. The molecule has 0 aliphatic carbocycles. The summed E-state index contributed by atoms with van der Waals surface area (Å²) in [7, 11) is 0. The highest BCUT2D eigenvalue weighted by molar-refractivity contribution is 8.26. The van der Waals surface area contributed by atoms with Crippen molar-refractivity contribution in [3.8, 4) is 11.3 Å². The van der Waals surface area contributed by atoms with E-state index in [0.717, 1.165) is 16.8 Å². The van der Waals surface area contributed by atoms with Gasteiger partial charge in [-0.25, -0.2) is 0 Å². The first-order valence-electron chi connectivity index (χ1n) is 9.08. The number of benzene rings is 2. The number of thiocarbonyl (C=S) groups is 1. The molecule has 10 heteroatoms. The molecule has 2 heterocycles. The van der Waals surface area contributed by atoms with Gasteiger partial charge in [-0.05, 0) is 54.2 Å². The Bertz CT molecular complexity index is 1290. The Morgan fingerprint density at radius 2 is 1.84 bits per heavy atom. The minimum atomic E-state index is -1.34. The van der Waals surface area contributed by atoms with Crippen molar-refractivity contribution in [2.45, 2.75) is 0 Å². The highest BCUT2D eigenvalue weighted by Crippen LogP contribution is 2.34. The predicted octanol–water partition coefficient (Wildman–Crippen LogP) is 3.51. The molecule has 1 aliphatic heterocycles. The Morgan fingerprint density at radius 3 is 2.56 bits per heavy atom. The number of thioether (sulfide) groups is 1. The van der Waals surface area contributed by atoms with Crippen LogP contribution in [0, 0.1) is 0 Å². The van der Waals surface area contributed by atoms with Gasteiger partial charge < -0.3 is 14.3 Å². The van der Waals surface area contributed by atoms with Gasteiger partial charge in [-0.2, -0.15) is 5.01 Å². The smallest absolute Gasteiger partial charge is 0.285 e. The first-order valence-corrected chi connectivity index (χ1v) is 10.7. The molecule has 0 saturated carbocycles. The number of amides is 2. The number of halogens is 1. The molecule has 3 aromatic rings. The lowest BCUT2D eigenvalue weighted by Gasteiger charge is -2.15. The molecule has 1 saturated heterocycles. The first-order chi connectivity index (χ1) is 15.3. The Morgan fingerprint density at radius 1 is 1.09 bits per heavy atom. The quantitative estimate of drug-likeness (QED) is 0.437. The van der Waals surface area contributed by atoms with E-state index in [0.29, 0.717) is 27.7 Å². The monoisotopic (exact) mass is 483 g/mol. The normalized spacial score (nSPS) is 14.8. The van der Waals surface area contributed by atoms with Crippen LogP contribution in [0.4, 0.5) is 0 Å². The summed E-state index contributed by atoms with van der Waals surface area (Å²) in [5.41, 5.74) is 3.21. The third kappa shape index (κ3) is 4.45. The number of hydrogen-bond donors (Lipinski definition) is 1. The highest BCUT2D eigenvalue weighted by atomic mass is 35.5. The van der Waals surface area contributed by atoms with Crippen molar-refractivity contribution in [1.29, 1.82) is 0 Å². The summed E-state index contributed by atoms with van der Waals surface area (Å²) in [4.78, 5) is 36.5. The number of carbonyl (C=O) groups is 3. The third-order valence-electron chi connectivity index (χ3n) is 4.41. The van der Waals surface area contributed by atoms with Gasteiger partial charge in [-0.1, -0.05) is 47.6 Å². The second kappa shape index (κ2) is 8.99. The largest absolute Gasteiger partial charge is 0.545 e. The summed E-state index contributed by atoms with van der Waals surface area (Å²) >= 11 is 12.4. The Labute approximate surface area is 196 Å². The summed E-state index contributed by atoms with van der Waals surface area (Å²) in [5.74, 6) is -1.66. The molecule has 160 valence electrons. The molecular weight excluding hydrogens is 472 g/mol. The lowest BCUT2D eigenvalue weighted by atomic mass is 10.1. The fourth-order valence-corrected chi connectivity index (χ4v) is 4.24. The maximum atomic E-state index is 12.7. The number of carboxylic acid groups (broad SMARTS) is 1. The zero-order valence-corrected chi connectivity index (χ0v) is 18.4. The topological polar surface area (TPSA) is 103 Å². The van der Waals surface area contributed by atoms with Gasteiger partial charge in [0, 0.05) is 17.2 Å². The summed E-state index contributed by atoms with van der Waals surface area (Å²) in [6, 6.07) is 15.8. The first kappa shape index (κ1) is 21.8. The summed E-state index contributed by atoms with van der Waals surface area (Å²) in [6.45, 7) is 0. The van der Waals surface area contributed by atoms with Crippen LogP contribution in [-0.4, -0.2) is 27.1 Å². The summed E-state index contributed by atoms with van der Waals surface area (Å²) < 4.78 is 5.90. The molecule has 0 atom stereocenters. The Balaban J connectivity index is 1.54. The van der Waals surface area contributed by atoms with Gasteiger partial charge in [0.15, 0.2) is 4.32 Å². The fourth-order valence-electron chi connectivity index (χ4n) is 2.87. The number of rotatable bonds is 5. The van der Waals surface area contributed by atoms with Crippen molar-refractivity contribution in [2.24, 2.45) is 0 Å². The SMILES string of the molecule is O=C([O-])c1ccc(Cl)c(-c2ccc(/C=C3/SC(=S)N(NC(=O)c4ccccc4)C3=O)o2)c1. The molecule has 32 heavy (non-hydrogen) atoms. The van der Waals surface area contributed by atoms with Gasteiger partial charge in [0.1, 0.15) is 11.5 Å². The number of hydrogen-bond acceptors (Lipinski definition) is 7. The number of furan rings is 1. The molecule has 2 amide bonds. The maximum Gasteiger partial charge on any atom is 0.285 e. The maximum absolute atomic E-state index is 12.7. The van der Waals surface area contributed by atoms with E-state index in [-0.39, 0.29) is 14.8 Å². The van der Waals surface area contributed by atoms with E-state index in [1.807, 2.05) is 0 Å². The lowest BCUT2D eigenvalue weighted by molar-refractivity contribution is -0.255. The van der Waals surface area contributed by atoms with Gasteiger partial charge in [0.2, 0.25) is 0 Å². The summed E-state index contributed by atoms with van der Waals surface area (Å²) in [5, 5.41) is 12.4. The molecule has 1 N–H and O–H groups in total. The van der Waals surface area contributed by atoms with Gasteiger partial charge in [-0.15, -0.1) is 0 Å². The number of carboxylic acids is 1. The van der Waals surface area contributed by atoms with Crippen LogP contribution >= 0.6 is 35.6 Å². The Hall–Kier alpha value is -3.40. The molecule has 1 aliphatic rings.